The lowest BCUT2D eigenvalue weighted by molar-refractivity contribution is 0.0476. The topological polar surface area (TPSA) is 64.6 Å². The molecule has 23 heavy (non-hydrogen) atoms. The van der Waals surface area contributed by atoms with Gasteiger partial charge in [-0.1, -0.05) is 11.6 Å². The van der Waals surface area contributed by atoms with Gasteiger partial charge in [-0.05, 0) is 61.7 Å². The van der Waals surface area contributed by atoms with E-state index in [1.54, 1.807) is 6.07 Å². The molecule has 0 aliphatic heterocycles. The minimum absolute atomic E-state index is 0.257. The minimum Gasteiger partial charge on any atom is -0.489 e. The predicted molar refractivity (Wildman–Crippen MR) is 91.4 cm³/mol. The Labute approximate surface area is 148 Å². The van der Waals surface area contributed by atoms with E-state index in [0.717, 1.165) is 12.8 Å². The van der Waals surface area contributed by atoms with Crippen molar-refractivity contribution in [2.45, 2.75) is 44.8 Å². The van der Waals surface area contributed by atoms with Gasteiger partial charge in [0.05, 0.1) is 15.6 Å². The molecule has 0 unspecified atom stereocenters. The molecule has 1 aromatic carbocycles. The Bertz CT molecular complexity index is 623. The molecule has 7 heteroatoms. The summed E-state index contributed by atoms with van der Waals surface area (Å²) in [5.41, 5.74) is -0.635. The summed E-state index contributed by atoms with van der Waals surface area (Å²) >= 11 is 9.25. The number of hydrogen-bond donors (Lipinski definition) is 1. The van der Waals surface area contributed by atoms with E-state index in [2.05, 4.69) is 21.2 Å². The normalized spacial score (nSPS) is 15.7. The van der Waals surface area contributed by atoms with E-state index in [1.165, 1.54) is 6.07 Å². The van der Waals surface area contributed by atoms with E-state index >= 15 is 0 Å². The second-order valence-electron chi connectivity index (χ2n) is 6.62. The van der Waals surface area contributed by atoms with Crippen molar-refractivity contribution in [2.75, 3.05) is 6.61 Å². The maximum Gasteiger partial charge on any atom is 0.408 e. The van der Waals surface area contributed by atoms with Crippen molar-refractivity contribution in [1.29, 1.82) is 0 Å². The number of nitrogens with one attached hydrogen (secondary N) is 1. The molecule has 1 aliphatic carbocycles. The van der Waals surface area contributed by atoms with Crippen LogP contribution in [0, 0.1) is 0 Å². The first-order valence-corrected chi connectivity index (χ1v) is 8.39. The number of hydrogen-bond acceptors (Lipinski definition) is 4. The van der Waals surface area contributed by atoms with Gasteiger partial charge in [0.25, 0.3) is 0 Å². The number of halogens is 2. The van der Waals surface area contributed by atoms with Crippen molar-refractivity contribution in [2.24, 2.45) is 0 Å². The Morgan fingerprint density at radius 3 is 2.61 bits per heavy atom. The van der Waals surface area contributed by atoms with Crippen molar-refractivity contribution < 1.29 is 19.1 Å². The molecule has 1 fully saturated rings. The van der Waals surface area contributed by atoms with Crippen LogP contribution in [0.4, 0.5) is 4.79 Å². The lowest BCUT2D eigenvalue weighted by Gasteiger charge is -2.24. The van der Waals surface area contributed by atoms with Gasteiger partial charge in [0, 0.05) is 5.02 Å². The quantitative estimate of drug-likeness (QED) is 0.741. The Morgan fingerprint density at radius 1 is 1.43 bits per heavy atom. The monoisotopic (exact) mass is 403 g/mol. The van der Waals surface area contributed by atoms with Crippen molar-refractivity contribution in [1.82, 2.24) is 5.32 Å². The average Bonchev–Trinajstić information content (AvgIpc) is 3.14. The van der Waals surface area contributed by atoms with Gasteiger partial charge in [-0.25, -0.2) is 4.79 Å². The first-order chi connectivity index (χ1) is 10.6. The molecule has 0 spiro atoms. The van der Waals surface area contributed by atoms with Crippen LogP contribution in [0.15, 0.2) is 16.6 Å². The highest BCUT2D eigenvalue weighted by atomic mass is 79.9. The highest BCUT2D eigenvalue weighted by Gasteiger charge is 2.46. The molecule has 0 saturated heterocycles. The minimum atomic E-state index is -0.551. The lowest BCUT2D eigenvalue weighted by Crippen LogP contribution is -2.44. The molecule has 0 heterocycles. The number of amides is 1. The summed E-state index contributed by atoms with van der Waals surface area (Å²) in [6.07, 6.45) is 1.82. The molecule has 1 saturated carbocycles. The second-order valence-corrected chi connectivity index (χ2v) is 7.91. The van der Waals surface area contributed by atoms with Crippen molar-refractivity contribution >= 4 is 39.9 Å². The number of alkyl carbamates (subject to hydrolysis) is 1. The fourth-order valence-electron chi connectivity index (χ4n) is 2.01. The van der Waals surface area contributed by atoms with Gasteiger partial charge in [-0.15, -0.1) is 0 Å². The van der Waals surface area contributed by atoms with E-state index in [4.69, 9.17) is 21.1 Å². The molecule has 5 nitrogen and oxygen atoms in total. The zero-order chi connectivity index (χ0) is 17.3. The van der Waals surface area contributed by atoms with Gasteiger partial charge >= 0.3 is 6.09 Å². The first kappa shape index (κ1) is 18.1. The molecule has 1 N–H and O–H groups in total. The summed E-state index contributed by atoms with van der Waals surface area (Å²) in [4.78, 5) is 23.0. The summed E-state index contributed by atoms with van der Waals surface area (Å²) in [5.74, 6) is 0.418. The maximum absolute atomic E-state index is 11.9. The summed E-state index contributed by atoms with van der Waals surface area (Å²) in [6.45, 7) is 5.69. The van der Waals surface area contributed by atoms with E-state index in [9.17, 15) is 9.59 Å². The van der Waals surface area contributed by atoms with Crippen LogP contribution in [-0.4, -0.2) is 30.1 Å². The molecule has 0 aromatic heterocycles. The SMILES string of the molecule is CC(C)(C)OC(=O)NC1(COc2c(Br)cc(Cl)cc2C=O)CC1. The van der Waals surface area contributed by atoms with Crippen LogP contribution in [0.25, 0.3) is 0 Å². The largest absolute Gasteiger partial charge is 0.489 e. The van der Waals surface area contributed by atoms with Crippen molar-refractivity contribution in [3.05, 3.63) is 27.2 Å². The van der Waals surface area contributed by atoms with Gasteiger partial charge in [0.1, 0.15) is 18.0 Å². The van der Waals surface area contributed by atoms with E-state index in [-0.39, 0.29) is 6.61 Å². The van der Waals surface area contributed by atoms with Gasteiger partial charge in [0.15, 0.2) is 6.29 Å². The first-order valence-electron chi connectivity index (χ1n) is 7.22. The van der Waals surface area contributed by atoms with Crippen LogP contribution >= 0.6 is 27.5 Å². The third kappa shape index (κ3) is 5.11. The van der Waals surface area contributed by atoms with Gasteiger partial charge in [0.2, 0.25) is 0 Å². The van der Waals surface area contributed by atoms with Crippen LogP contribution in [-0.2, 0) is 4.74 Å². The zero-order valence-corrected chi connectivity index (χ0v) is 15.6. The van der Waals surface area contributed by atoms with Crippen LogP contribution in [0.3, 0.4) is 0 Å². The standard InChI is InChI=1S/C16H19BrClNO4/c1-15(2,3)23-14(21)19-16(4-5-16)9-22-13-10(8-20)6-11(18)7-12(13)17/h6-8H,4-5,9H2,1-3H3,(H,19,21). The summed E-state index contributed by atoms with van der Waals surface area (Å²) in [7, 11) is 0. The fourth-order valence-corrected chi connectivity index (χ4v) is 2.96. The summed E-state index contributed by atoms with van der Waals surface area (Å²) in [6, 6.07) is 3.19. The molecule has 126 valence electrons. The molecule has 0 atom stereocenters. The third-order valence-corrected chi connectivity index (χ3v) is 4.08. The maximum atomic E-state index is 11.9. The van der Waals surface area contributed by atoms with E-state index < -0.39 is 17.2 Å². The lowest BCUT2D eigenvalue weighted by atomic mass is 10.2. The molecule has 2 rings (SSSR count). The molecule has 1 aliphatic rings. The molecule has 1 amide bonds. The summed E-state index contributed by atoms with van der Waals surface area (Å²) in [5, 5.41) is 3.29. The van der Waals surface area contributed by atoms with Gasteiger partial charge in [-0.3, -0.25) is 4.79 Å². The van der Waals surface area contributed by atoms with Crippen LogP contribution in [0.1, 0.15) is 44.0 Å². The number of carbonyl (C=O) groups excluding carboxylic acids is 2. The zero-order valence-electron chi connectivity index (χ0n) is 13.2. The van der Waals surface area contributed by atoms with E-state index in [1.807, 2.05) is 20.8 Å². The van der Waals surface area contributed by atoms with Gasteiger partial charge in [-0.2, -0.15) is 0 Å². The predicted octanol–water partition coefficient (Wildman–Crippen LogP) is 4.35. The highest BCUT2D eigenvalue weighted by Crippen LogP contribution is 2.38. The molecular formula is C16H19BrClNO4. The highest BCUT2D eigenvalue weighted by molar-refractivity contribution is 9.10. The van der Waals surface area contributed by atoms with Crippen molar-refractivity contribution in [3.63, 3.8) is 0 Å². The Hall–Kier alpha value is -1.27. The molecule has 0 radical (unpaired) electrons. The van der Waals surface area contributed by atoms with Crippen molar-refractivity contribution in [3.8, 4) is 5.75 Å². The summed E-state index contributed by atoms with van der Waals surface area (Å²) < 4.78 is 11.6. The number of ether oxygens (including phenoxy) is 2. The molecule has 1 aromatic rings. The van der Waals surface area contributed by atoms with Gasteiger partial charge < -0.3 is 14.8 Å². The Kier molecular flexibility index (Phi) is 5.26. The van der Waals surface area contributed by atoms with Crippen LogP contribution in [0.2, 0.25) is 5.02 Å². The number of aldehydes is 1. The van der Waals surface area contributed by atoms with Crippen LogP contribution in [0.5, 0.6) is 5.75 Å². The number of rotatable bonds is 5. The number of benzene rings is 1. The number of carbonyl (C=O) groups is 2. The molecular weight excluding hydrogens is 386 g/mol. The Morgan fingerprint density at radius 2 is 2.09 bits per heavy atom. The fraction of sp³-hybridized carbons (Fsp3) is 0.500. The second kappa shape index (κ2) is 6.69. The molecule has 0 bridgehead atoms. The smallest absolute Gasteiger partial charge is 0.408 e. The average molecular weight is 405 g/mol. The van der Waals surface area contributed by atoms with E-state index in [0.29, 0.717) is 27.1 Å². The third-order valence-electron chi connectivity index (χ3n) is 3.28. The van der Waals surface area contributed by atoms with Crippen LogP contribution < -0.4 is 10.1 Å². The Balaban J connectivity index is 2.01.